The molecule has 112 valence electrons. The second kappa shape index (κ2) is 5.70. The minimum atomic E-state index is -3.38. The average Bonchev–Trinajstić information content (AvgIpc) is 2.96. The zero-order valence-corrected chi connectivity index (χ0v) is 13.1. The SMILES string of the molecule is O=S(=O)(c1c[nH]c(CCl)c1)N1CCCC2CCCCC21. The van der Waals surface area contributed by atoms with Crippen molar-refractivity contribution >= 4 is 21.6 Å². The Kier molecular flexibility index (Phi) is 4.11. The van der Waals surface area contributed by atoms with Gasteiger partial charge in [0, 0.05) is 24.5 Å². The van der Waals surface area contributed by atoms with E-state index >= 15 is 0 Å². The topological polar surface area (TPSA) is 53.2 Å². The number of hydrogen-bond acceptors (Lipinski definition) is 2. The van der Waals surface area contributed by atoms with E-state index in [-0.39, 0.29) is 6.04 Å². The van der Waals surface area contributed by atoms with Crippen molar-refractivity contribution in [2.45, 2.75) is 55.3 Å². The Morgan fingerprint density at radius 1 is 1.25 bits per heavy atom. The Labute approximate surface area is 125 Å². The normalized spacial score (nSPS) is 28.2. The van der Waals surface area contributed by atoms with E-state index in [1.165, 1.54) is 19.3 Å². The molecule has 2 atom stereocenters. The van der Waals surface area contributed by atoms with Crippen molar-refractivity contribution in [1.29, 1.82) is 0 Å². The molecule has 3 rings (SSSR count). The summed E-state index contributed by atoms with van der Waals surface area (Å²) in [6.07, 6.45) is 8.31. The third-order valence-corrected chi connectivity index (χ3v) is 6.85. The molecule has 2 aliphatic rings. The van der Waals surface area contributed by atoms with Crippen molar-refractivity contribution in [2.75, 3.05) is 6.54 Å². The maximum atomic E-state index is 12.8. The highest BCUT2D eigenvalue weighted by molar-refractivity contribution is 7.89. The van der Waals surface area contributed by atoms with Gasteiger partial charge in [0.25, 0.3) is 0 Å². The number of halogens is 1. The molecule has 1 N–H and O–H groups in total. The van der Waals surface area contributed by atoms with Crippen molar-refractivity contribution in [3.8, 4) is 0 Å². The Morgan fingerprint density at radius 2 is 2.00 bits per heavy atom. The number of sulfonamides is 1. The summed E-state index contributed by atoms with van der Waals surface area (Å²) in [6.45, 7) is 0.658. The largest absolute Gasteiger partial charge is 0.363 e. The van der Waals surface area contributed by atoms with Gasteiger partial charge in [0.1, 0.15) is 0 Å². The molecular weight excluding hydrogens is 296 g/mol. The molecule has 1 saturated heterocycles. The molecule has 4 nitrogen and oxygen atoms in total. The minimum Gasteiger partial charge on any atom is -0.363 e. The maximum absolute atomic E-state index is 12.8. The highest BCUT2D eigenvalue weighted by Crippen LogP contribution is 2.38. The maximum Gasteiger partial charge on any atom is 0.244 e. The molecule has 1 aromatic heterocycles. The number of rotatable bonds is 3. The molecular formula is C14H21ClN2O2S. The van der Waals surface area contributed by atoms with Crippen LogP contribution in [0.15, 0.2) is 17.2 Å². The molecule has 0 bridgehead atoms. The quantitative estimate of drug-likeness (QED) is 0.871. The molecule has 1 aromatic rings. The van der Waals surface area contributed by atoms with E-state index in [9.17, 15) is 8.42 Å². The molecule has 0 radical (unpaired) electrons. The summed E-state index contributed by atoms with van der Waals surface area (Å²) in [5, 5.41) is 0. The van der Waals surface area contributed by atoms with Crippen molar-refractivity contribution in [3.05, 3.63) is 18.0 Å². The average molecular weight is 317 g/mol. The van der Waals surface area contributed by atoms with E-state index in [2.05, 4.69) is 4.98 Å². The summed E-state index contributed by atoms with van der Waals surface area (Å²) in [6, 6.07) is 1.87. The number of nitrogens with one attached hydrogen (secondary N) is 1. The predicted octanol–water partition coefficient (Wildman–Crippen LogP) is 3.10. The van der Waals surface area contributed by atoms with Gasteiger partial charge >= 0.3 is 0 Å². The van der Waals surface area contributed by atoms with Crippen LogP contribution in [-0.4, -0.2) is 30.3 Å². The molecule has 6 heteroatoms. The zero-order valence-electron chi connectivity index (χ0n) is 11.5. The highest BCUT2D eigenvalue weighted by Gasteiger charge is 2.40. The van der Waals surface area contributed by atoms with Gasteiger partial charge in [-0.1, -0.05) is 12.8 Å². The van der Waals surface area contributed by atoms with Crippen molar-refractivity contribution < 1.29 is 8.42 Å². The first-order valence-corrected chi connectivity index (χ1v) is 9.35. The van der Waals surface area contributed by atoms with E-state index in [4.69, 9.17) is 11.6 Å². The van der Waals surface area contributed by atoms with Gasteiger partial charge in [-0.15, -0.1) is 11.6 Å². The summed E-state index contributed by atoms with van der Waals surface area (Å²) < 4.78 is 27.4. The fourth-order valence-electron chi connectivity index (χ4n) is 3.66. The number of fused-ring (bicyclic) bond motifs is 1. The van der Waals surface area contributed by atoms with Gasteiger partial charge < -0.3 is 4.98 Å². The second-order valence-electron chi connectivity index (χ2n) is 5.86. The van der Waals surface area contributed by atoms with Gasteiger partial charge in [0.2, 0.25) is 10.0 Å². The summed E-state index contributed by atoms with van der Waals surface area (Å²) in [5.41, 5.74) is 0.752. The van der Waals surface area contributed by atoms with Gasteiger partial charge in [-0.25, -0.2) is 8.42 Å². The lowest BCUT2D eigenvalue weighted by atomic mass is 9.79. The van der Waals surface area contributed by atoms with E-state index < -0.39 is 10.0 Å². The Hall–Kier alpha value is -0.520. The van der Waals surface area contributed by atoms with Crippen LogP contribution in [0.3, 0.4) is 0 Å². The number of aromatic amines is 1. The van der Waals surface area contributed by atoms with E-state index in [0.717, 1.165) is 25.0 Å². The van der Waals surface area contributed by atoms with E-state index in [1.807, 2.05) is 0 Å². The zero-order chi connectivity index (χ0) is 14.2. The van der Waals surface area contributed by atoms with Crippen molar-refractivity contribution in [2.24, 2.45) is 5.92 Å². The van der Waals surface area contributed by atoms with Gasteiger partial charge in [-0.3, -0.25) is 0 Å². The van der Waals surface area contributed by atoms with Crippen LogP contribution >= 0.6 is 11.6 Å². The lowest BCUT2D eigenvalue weighted by molar-refractivity contribution is 0.129. The number of piperidine rings is 1. The lowest BCUT2D eigenvalue weighted by Crippen LogP contribution is -2.49. The van der Waals surface area contributed by atoms with E-state index in [0.29, 0.717) is 23.2 Å². The Morgan fingerprint density at radius 3 is 2.75 bits per heavy atom. The number of H-pyrrole nitrogens is 1. The molecule has 1 aliphatic heterocycles. The molecule has 0 spiro atoms. The van der Waals surface area contributed by atoms with Crippen LogP contribution in [0.1, 0.15) is 44.2 Å². The van der Waals surface area contributed by atoms with Crippen LogP contribution in [0, 0.1) is 5.92 Å². The van der Waals surface area contributed by atoms with E-state index in [1.54, 1.807) is 16.6 Å². The van der Waals surface area contributed by atoms with Crippen LogP contribution in [0.2, 0.25) is 0 Å². The predicted molar refractivity (Wildman–Crippen MR) is 79.2 cm³/mol. The number of aromatic nitrogens is 1. The summed E-state index contributed by atoms with van der Waals surface area (Å²) in [5.74, 6) is 0.861. The molecule has 0 amide bonds. The van der Waals surface area contributed by atoms with Crippen LogP contribution in [0.5, 0.6) is 0 Å². The highest BCUT2D eigenvalue weighted by atomic mass is 35.5. The number of alkyl halides is 1. The fourth-order valence-corrected chi connectivity index (χ4v) is 5.59. The smallest absolute Gasteiger partial charge is 0.244 e. The first-order valence-electron chi connectivity index (χ1n) is 7.38. The molecule has 20 heavy (non-hydrogen) atoms. The third-order valence-electron chi connectivity index (χ3n) is 4.66. The van der Waals surface area contributed by atoms with Crippen molar-refractivity contribution in [3.63, 3.8) is 0 Å². The lowest BCUT2D eigenvalue weighted by Gasteiger charge is -2.42. The first-order chi connectivity index (χ1) is 9.63. The molecule has 1 aliphatic carbocycles. The summed E-state index contributed by atoms with van der Waals surface area (Å²) >= 11 is 5.75. The molecule has 2 unspecified atom stereocenters. The minimum absolute atomic E-state index is 0.205. The van der Waals surface area contributed by atoms with Crippen LogP contribution in [0.4, 0.5) is 0 Å². The number of hydrogen-bond donors (Lipinski definition) is 1. The molecule has 1 saturated carbocycles. The third kappa shape index (κ3) is 2.51. The Bertz CT molecular complexity index is 567. The van der Waals surface area contributed by atoms with Crippen LogP contribution in [-0.2, 0) is 15.9 Å². The fraction of sp³-hybridized carbons (Fsp3) is 0.714. The molecule has 2 heterocycles. The standard InChI is InChI=1S/C14H21ClN2O2S/c15-9-12-8-13(10-16-12)20(18,19)17-7-3-5-11-4-1-2-6-14(11)17/h8,10-11,14,16H,1-7,9H2. The van der Waals surface area contributed by atoms with Gasteiger partial charge in [-0.2, -0.15) is 4.31 Å². The first kappa shape index (κ1) is 14.4. The van der Waals surface area contributed by atoms with Crippen LogP contribution < -0.4 is 0 Å². The van der Waals surface area contributed by atoms with Crippen LogP contribution in [0.25, 0.3) is 0 Å². The Balaban J connectivity index is 1.89. The second-order valence-corrected chi connectivity index (χ2v) is 8.02. The summed E-state index contributed by atoms with van der Waals surface area (Å²) in [4.78, 5) is 3.30. The van der Waals surface area contributed by atoms with Gasteiger partial charge in [0.05, 0.1) is 10.8 Å². The monoisotopic (exact) mass is 316 g/mol. The molecule has 0 aromatic carbocycles. The van der Waals surface area contributed by atoms with Gasteiger partial charge in [0.15, 0.2) is 0 Å². The molecule has 2 fully saturated rings. The number of nitrogens with zero attached hydrogens (tertiary/aromatic N) is 1. The van der Waals surface area contributed by atoms with Crippen molar-refractivity contribution in [1.82, 2.24) is 9.29 Å². The summed E-state index contributed by atoms with van der Waals surface area (Å²) in [7, 11) is -3.38. The van der Waals surface area contributed by atoms with Gasteiger partial charge in [-0.05, 0) is 37.7 Å².